The summed E-state index contributed by atoms with van der Waals surface area (Å²) in [6.45, 7) is 1.41. The molecule has 34 heavy (non-hydrogen) atoms. The molecular formula is C25H26ClN3O5. The van der Waals surface area contributed by atoms with E-state index >= 15 is 0 Å². The van der Waals surface area contributed by atoms with E-state index in [0.717, 1.165) is 4.90 Å². The number of methoxy groups -OCH3 is 1. The van der Waals surface area contributed by atoms with E-state index < -0.39 is 11.3 Å². The minimum atomic E-state index is -1.32. The summed E-state index contributed by atoms with van der Waals surface area (Å²) in [4.78, 5) is 56.2. The number of piperazine rings is 1. The third-order valence-corrected chi connectivity index (χ3v) is 6.95. The van der Waals surface area contributed by atoms with E-state index in [1.54, 1.807) is 65.4 Å². The largest absolute Gasteiger partial charge is 0.497 e. The highest BCUT2D eigenvalue weighted by atomic mass is 35.5. The van der Waals surface area contributed by atoms with Gasteiger partial charge in [0, 0.05) is 56.7 Å². The Labute approximate surface area is 203 Å². The summed E-state index contributed by atoms with van der Waals surface area (Å²) in [6, 6.07) is 13.8. The van der Waals surface area contributed by atoms with Crippen molar-refractivity contribution in [2.45, 2.75) is 18.3 Å². The molecule has 4 amide bonds. The summed E-state index contributed by atoms with van der Waals surface area (Å²) in [5.74, 6) is -0.538. The maximum Gasteiger partial charge on any atom is 0.254 e. The van der Waals surface area contributed by atoms with Gasteiger partial charge in [-0.15, -0.1) is 0 Å². The Balaban J connectivity index is 1.48. The molecule has 2 aliphatic rings. The lowest BCUT2D eigenvalue weighted by Crippen LogP contribution is -2.52. The van der Waals surface area contributed by atoms with Crippen LogP contribution in [0.15, 0.2) is 48.5 Å². The average Bonchev–Trinajstić information content (AvgIpc) is 3.07. The van der Waals surface area contributed by atoms with Crippen LogP contribution < -0.4 is 4.74 Å². The van der Waals surface area contributed by atoms with E-state index in [4.69, 9.17) is 16.3 Å². The van der Waals surface area contributed by atoms with Crippen molar-refractivity contribution in [2.75, 3.05) is 40.3 Å². The first-order valence-corrected chi connectivity index (χ1v) is 11.4. The van der Waals surface area contributed by atoms with Crippen molar-refractivity contribution >= 4 is 35.2 Å². The molecule has 0 saturated carbocycles. The third kappa shape index (κ3) is 4.25. The maximum atomic E-state index is 13.3. The minimum absolute atomic E-state index is 0.105. The fraction of sp³-hybridized carbons (Fsp3) is 0.360. The molecule has 2 saturated heterocycles. The molecule has 2 fully saturated rings. The van der Waals surface area contributed by atoms with Crippen LogP contribution in [0, 0.1) is 0 Å². The Morgan fingerprint density at radius 3 is 2.29 bits per heavy atom. The summed E-state index contributed by atoms with van der Waals surface area (Å²) in [7, 11) is 2.97. The number of likely N-dealkylation sites (tertiary alicyclic amines) is 1. The maximum absolute atomic E-state index is 13.3. The van der Waals surface area contributed by atoms with Gasteiger partial charge in [0.05, 0.1) is 12.5 Å². The summed E-state index contributed by atoms with van der Waals surface area (Å²) in [6.07, 6.45) is -0.262. The number of likely N-dealkylation sites (N-methyl/N-ethyl adjacent to an activating group) is 1. The highest BCUT2D eigenvalue weighted by molar-refractivity contribution is 6.32. The van der Waals surface area contributed by atoms with Gasteiger partial charge in [0.25, 0.3) is 5.91 Å². The Morgan fingerprint density at radius 1 is 1.00 bits per heavy atom. The fourth-order valence-electron chi connectivity index (χ4n) is 4.65. The van der Waals surface area contributed by atoms with Gasteiger partial charge in [-0.3, -0.25) is 24.1 Å². The Morgan fingerprint density at radius 2 is 1.68 bits per heavy atom. The lowest BCUT2D eigenvalue weighted by Gasteiger charge is -2.37. The van der Waals surface area contributed by atoms with Crippen LogP contribution in [-0.2, 0) is 19.8 Å². The second-order valence-electron chi connectivity index (χ2n) is 8.58. The van der Waals surface area contributed by atoms with Gasteiger partial charge in [-0.25, -0.2) is 0 Å². The molecule has 0 radical (unpaired) electrons. The van der Waals surface area contributed by atoms with Crippen molar-refractivity contribution < 1.29 is 23.9 Å². The number of hydrogen-bond donors (Lipinski definition) is 0. The number of carbonyl (C=O) groups excluding carboxylic acids is 4. The highest BCUT2D eigenvalue weighted by Gasteiger charge is 2.53. The number of halogens is 1. The molecule has 2 aromatic rings. The Kier molecular flexibility index (Phi) is 6.61. The lowest BCUT2D eigenvalue weighted by molar-refractivity contribution is -0.142. The third-order valence-electron chi connectivity index (χ3n) is 6.62. The second-order valence-corrected chi connectivity index (χ2v) is 8.99. The van der Waals surface area contributed by atoms with Crippen molar-refractivity contribution in [2.24, 2.45) is 0 Å². The molecule has 1 atom stereocenters. The highest BCUT2D eigenvalue weighted by Crippen LogP contribution is 2.42. The molecule has 0 spiro atoms. The van der Waals surface area contributed by atoms with Crippen LogP contribution in [0.4, 0.5) is 0 Å². The van der Waals surface area contributed by atoms with Gasteiger partial charge in [-0.2, -0.15) is 0 Å². The van der Waals surface area contributed by atoms with Gasteiger partial charge in [-0.1, -0.05) is 35.9 Å². The standard InChI is InChI=1S/C25H26ClN3O5/c1-27-21(30)15-25(24(27)33,19-8-3-4-9-20(19)26)16-22(31)28-10-12-29(13-11-28)23(32)17-6-5-7-18(14-17)34-2/h3-9,14H,10-13,15-16H2,1-2H3. The van der Waals surface area contributed by atoms with Gasteiger partial charge >= 0.3 is 0 Å². The molecule has 0 N–H and O–H groups in total. The molecule has 4 rings (SSSR count). The first-order valence-electron chi connectivity index (χ1n) is 11.0. The van der Waals surface area contributed by atoms with Crippen molar-refractivity contribution in [1.29, 1.82) is 0 Å². The lowest BCUT2D eigenvalue weighted by atomic mass is 9.75. The molecule has 1 unspecified atom stereocenters. The molecule has 2 aliphatic heterocycles. The zero-order valence-electron chi connectivity index (χ0n) is 19.1. The van der Waals surface area contributed by atoms with Crippen molar-refractivity contribution in [1.82, 2.24) is 14.7 Å². The van der Waals surface area contributed by atoms with Crippen LogP contribution in [0.2, 0.25) is 5.02 Å². The number of amides is 4. The normalized spacial score (nSPS) is 20.6. The Bertz CT molecular complexity index is 1140. The molecule has 2 aromatic carbocycles. The fourth-order valence-corrected chi connectivity index (χ4v) is 4.96. The van der Waals surface area contributed by atoms with Crippen molar-refractivity contribution in [3.8, 4) is 5.75 Å². The molecule has 0 bridgehead atoms. The van der Waals surface area contributed by atoms with E-state index in [-0.39, 0.29) is 30.6 Å². The van der Waals surface area contributed by atoms with E-state index in [1.807, 2.05) is 0 Å². The predicted molar refractivity (Wildman–Crippen MR) is 126 cm³/mol. The summed E-state index contributed by atoms with van der Waals surface area (Å²) < 4.78 is 5.19. The van der Waals surface area contributed by atoms with E-state index in [9.17, 15) is 19.2 Å². The van der Waals surface area contributed by atoms with Crippen LogP contribution in [0.3, 0.4) is 0 Å². The van der Waals surface area contributed by atoms with Crippen LogP contribution in [0.25, 0.3) is 0 Å². The zero-order chi connectivity index (χ0) is 24.5. The average molecular weight is 484 g/mol. The molecule has 0 aromatic heterocycles. The van der Waals surface area contributed by atoms with Crippen molar-refractivity contribution in [3.63, 3.8) is 0 Å². The summed E-state index contributed by atoms with van der Waals surface area (Å²) in [5, 5.41) is 0.348. The number of carbonyl (C=O) groups is 4. The topological polar surface area (TPSA) is 87.2 Å². The number of nitrogens with zero attached hydrogens (tertiary/aromatic N) is 3. The SMILES string of the molecule is COc1cccc(C(=O)N2CCN(C(=O)CC3(c4ccccc4Cl)CC(=O)N(C)C3=O)CC2)c1. The number of rotatable bonds is 5. The molecule has 9 heteroatoms. The number of benzene rings is 2. The van der Waals surface area contributed by atoms with E-state index in [0.29, 0.717) is 48.1 Å². The van der Waals surface area contributed by atoms with Crippen LogP contribution in [-0.4, -0.2) is 78.7 Å². The monoisotopic (exact) mass is 483 g/mol. The Hall–Kier alpha value is -3.39. The van der Waals surface area contributed by atoms with E-state index in [1.165, 1.54) is 7.05 Å². The van der Waals surface area contributed by atoms with Gasteiger partial charge in [0.1, 0.15) is 5.75 Å². The number of imide groups is 1. The van der Waals surface area contributed by atoms with Gasteiger partial charge in [0.15, 0.2) is 0 Å². The quantitative estimate of drug-likeness (QED) is 0.609. The first-order chi connectivity index (χ1) is 16.3. The smallest absolute Gasteiger partial charge is 0.254 e. The van der Waals surface area contributed by atoms with E-state index in [2.05, 4.69) is 0 Å². The van der Waals surface area contributed by atoms with Gasteiger partial charge in [0.2, 0.25) is 17.7 Å². The molecule has 178 valence electrons. The van der Waals surface area contributed by atoms with Gasteiger partial charge in [-0.05, 0) is 29.8 Å². The van der Waals surface area contributed by atoms with Crippen LogP contribution >= 0.6 is 11.6 Å². The van der Waals surface area contributed by atoms with Crippen LogP contribution in [0.5, 0.6) is 5.75 Å². The molecule has 0 aliphatic carbocycles. The minimum Gasteiger partial charge on any atom is -0.497 e. The molecular weight excluding hydrogens is 458 g/mol. The van der Waals surface area contributed by atoms with Gasteiger partial charge < -0.3 is 14.5 Å². The van der Waals surface area contributed by atoms with Crippen LogP contribution in [0.1, 0.15) is 28.8 Å². The first kappa shape index (κ1) is 23.8. The molecule has 8 nitrogen and oxygen atoms in total. The van der Waals surface area contributed by atoms with Crippen molar-refractivity contribution in [3.05, 3.63) is 64.7 Å². The number of ether oxygens (including phenoxy) is 1. The summed E-state index contributed by atoms with van der Waals surface area (Å²) in [5.41, 5.74) is -0.316. The number of hydrogen-bond acceptors (Lipinski definition) is 5. The molecule has 2 heterocycles. The second kappa shape index (κ2) is 9.46. The summed E-state index contributed by atoms with van der Waals surface area (Å²) >= 11 is 6.40. The zero-order valence-corrected chi connectivity index (χ0v) is 19.9. The predicted octanol–water partition coefficient (Wildman–Crippen LogP) is 2.35.